The molecule has 2 aromatic carbocycles. The van der Waals surface area contributed by atoms with E-state index in [-0.39, 0.29) is 0 Å². The lowest BCUT2D eigenvalue weighted by molar-refractivity contribution is 0.414. The van der Waals surface area contributed by atoms with Gasteiger partial charge in [-0.15, -0.1) is 0 Å². The predicted molar refractivity (Wildman–Crippen MR) is 116 cm³/mol. The Morgan fingerprint density at radius 3 is 1.97 bits per heavy atom. The van der Waals surface area contributed by atoms with Crippen molar-refractivity contribution < 1.29 is 9.47 Å². The van der Waals surface area contributed by atoms with Crippen molar-refractivity contribution in [2.45, 2.75) is 0 Å². The molecule has 0 aliphatic carbocycles. The lowest BCUT2D eigenvalue weighted by Gasteiger charge is -2.36. The highest BCUT2D eigenvalue weighted by atomic mass is 16.5. The van der Waals surface area contributed by atoms with E-state index in [2.05, 4.69) is 32.2 Å². The number of piperazine rings is 1. The zero-order chi connectivity index (χ0) is 20.1. The van der Waals surface area contributed by atoms with Crippen molar-refractivity contribution in [2.75, 3.05) is 55.5 Å². The Balaban J connectivity index is 1.38. The van der Waals surface area contributed by atoms with Crippen molar-refractivity contribution in [3.8, 4) is 11.5 Å². The highest BCUT2D eigenvalue weighted by molar-refractivity contribution is 5.57. The summed E-state index contributed by atoms with van der Waals surface area (Å²) in [5.41, 5.74) is 2.14. The first kappa shape index (κ1) is 18.9. The third-order valence-electron chi connectivity index (χ3n) is 5.03. The molecule has 0 radical (unpaired) electrons. The zero-order valence-corrected chi connectivity index (χ0v) is 16.7. The summed E-state index contributed by atoms with van der Waals surface area (Å²) in [7, 11) is 3.34. The lowest BCUT2D eigenvalue weighted by atomic mass is 10.2. The molecule has 7 heteroatoms. The second kappa shape index (κ2) is 8.68. The molecule has 0 bridgehead atoms. The molecule has 1 fully saturated rings. The van der Waals surface area contributed by atoms with Gasteiger partial charge in [0.25, 0.3) is 0 Å². The van der Waals surface area contributed by atoms with E-state index in [1.54, 1.807) is 20.4 Å². The monoisotopic (exact) mass is 391 g/mol. The molecule has 1 aliphatic heterocycles. The van der Waals surface area contributed by atoms with Gasteiger partial charge in [-0.3, -0.25) is 0 Å². The maximum Gasteiger partial charge on any atom is 0.229 e. The quantitative estimate of drug-likeness (QED) is 0.689. The van der Waals surface area contributed by atoms with Gasteiger partial charge in [0.1, 0.15) is 17.3 Å². The number of hydrogen-bond acceptors (Lipinski definition) is 7. The molecule has 1 N–H and O–H groups in total. The second-order valence-corrected chi connectivity index (χ2v) is 6.76. The number of nitrogens with one attached hydrogen (secondary N) is 1. The van der Waals surface area contributed by atoms with Crippen LogP contribution >= 0.6 is 0 Å². The first-order valence-electron chi connectivity index (χ1n) is 9.63. The summed E-state index contributed by atoms with van der Waals surface area (Å²) in [5, 5.41) is 3.25. The van der Waals surface area contributed by atoms with Crippen molar-refractivity contribution in [3.63, 3.8) is 0 Å². The molecule has 0 spiro atoms. The van der Waals surface area contributed by atoms with E-state index in [1.807, 2.05) is 42.5 Å². The number of methoxy groups -OCH3 is 2. The summed E-state index contributed by atoms with van der Waals surface area (Å²) in [5.74, 6) is 3.22. The van der Waals surface area contributed by atoms with Gasteiger partial charge >= 0.3 is 0 Å². The number of anilines is 4. The van der Waals surface area contributed by atoms with Gasteiger partial charge < -0.3 is 24.6 Å². The van der Waals surface area contributed by atoms with E-state index >= 15 is 0 Å². The van der Waals surface area contributed by atoms with Gasteiger partial charge in [-0.05, 0) is 54.6 Å². The second-order valence-electron chi connectivity index (χ2n) is 6.76. The summed E-state index contributed by atoms with van der Waals surface area (Å²) in [6.07, 6.45) is 1.80. The van der Waals surface area contributed by atoms with Crippen LogP contribution < -0.4 is 24.6 Å². The molecule has 3 aromatic rings. The topological polar surface area (TPSA) is 62.8 Å². The summed E-state index contributed by atoms with van der Waals surface area (Å²) >= 11 is 0. The normalized spacial score (nSPS) is 13.9. The van der Waals surface area contributed by atoms with E-state index in [0.717, 1.165) is 49.2 Å². The minimum atomic E-state index is 0.588. The summed E-state index contributed by atoms with van der Waals surface area (Å²) in [6.45, 7) is 3.70. The van der Waals surface area contributed by atoms with E-state index in [1.165, 1.54) is 5.69 Å². The third-order valence-corrected chi connectivity index (χ3v) is 5.03. The third kappa shape index (κ3) is 4.51. The summed E-state index contributed by atoms with van der Waals surface area (Å²) in [4.78, 5) is 13.7. The standard InChI is InChI=1S/C22H25N5O2/c1-28-19-7-3-17(4-8-19)24-22-23-12-11-21(25-22)27-15-13-26(14-16-27)18-5-9-20(29-2)10-6-18/h3-12H,13-16H2,1-2H3,(H,23,24,25). The smallest absolute Gasteiger partial charge is 0.229 e. The van der Waals surface area contributed by atoms with Gasteiger partial charge in [-0.25, -0.2) is 4.98 Å². The van der Waals surface area contributed by atoms with Crippen LogP contribution in [0.25, 0.3) is 0 Å². The lowest BCUT2D eigenvalue weighted by Crippen LogP contribution is -2.46. The van der Waals surface area contributed by atoms with Crippen LogP contribution in [0.3, 0.4) is 0 Å². The Labute approximate surface area is 170 Å². The Hall–Kier alpha value is -3.48. The van der Waals surface area contributed by atoms with Gasteiger partial charge in [0, 0.05) is 43.8 Å². The summed E-state index contributed by atoms with van der Waals surface area (Å²) < 4.78 is 10.4. The molecule has 4 rings (SSSR count). The SMILES string of the molecule is COc1ccc(Nc2nccc(N3CCN(c4ccc(OC)cc4)CC3)n2)cc1. The Morgan fingerprint density at radius 2 is 1.34 bits per heavy atom. The first-order valence-corrected chi connectivity index (χ1v) is 9.63. The fourth-order valence-corrected chi connectivity index (χ4v) is 3.38. The molecule has 7 nitrogen and oxygen atoms in total. The average Bonchev–Trinajstić information content (AvgIpc) is 2.80. The number of ether oxygens (including phenoxy) is 2. The molecule has 1 aliphatic rings. The van der Waals surface area contributed by atoms with Crippen LogP contribution in [0, 0.1) is 0 Å². The number of nitrogens with zero attached hydrogens (tertiary/aromatic N) is 4. The number of rotatable bonds is 6. The zero-order valence-electron chi connectivity index (χ0n) is 16.7. The molecule has 2 heterocycles. The van der Waals surface area contributed by atoms with Gasteiger partial charge in [0.2, 0.25) is 5.95 Å². The van der Waals surface area contributed by atoms with Gasteiger partial charge in [-0.1, -0.05) is 0 Å². The van der Waals surface area contributed by atoms with Crippen molar-refractivity contribution >= 4 is 23.1 Å². The van der Waals surface area contributed by atoms with E-state index in [4.69, 9.17) is 14.5 Å². The van der Waals surface area contributed by atoms with E-state index in [0.29, 0.717) is 5.95 Å². The Morgan fingerprint density at radius 1 is 0.759 bits per heavy atom. The minimum absolute atomic E-state index is 0.588. The Kier molecular flexibility index (Phi) is 5.65. The van der Waals surface area contributed by atoms with Crippen LogP contribution in [0.5, 0.6) is 11.5 Å². The largest absolute Gasteiger partial charge is 0.497 e. The van der Waals surface area contributed by atoms with Gasteiger partial charge in [-0.2, -0.15) is 4.98 Å². The molecular weight excluding hydrogens is 366 g/mol. The predicted octanol–water partition coefficient (Wildman–Crippen LogP) is 3.56. The van der Waals surface area contributed by atoms with Crippen molar-refractivity contribution in [1.82, 2.24) is 9.97 Å². The fourth-order valence-electron chi connectivity index (χ4n) is 3.38. The maximum absolute atomic E-state index is 5.24. The Bertz CT molecular complexity index is 923. The number of hydrogen-bond donors (Lipinski definition) is 1. The molecule has 0 unspecified atom stereocenters. The minimum Gasteiger partial charge on any atom is -0.497 e. The van der Waals surface area contributed by atoms with Crippen molar-refractivity contribution in [1.29, 1.82) is 0 Å². The van der Waals surface area contributed by atoms with Crippen LogP contribution in [0.2, 0.25) is 0 Å². The highest BCUT2D eigenvalue weighted by Crippen LogP contribution is 2.23. The van der Waals surface area contributed by atoms with Crippen LogP contribution in [0.1, 0.15) is 0 Å². The molecule has 0 saturated carbocycles. The first-order chi connectivity index (χ1) is 14.2. The van der Waals surface area contributed by atoms with E-state index in [9.17, 15) is 0 Å². The summed E-state index contributed by atoms with van der Waals surface area (Å²) in [6, 6.07) is 17.9. The molecule has 29 heavy (non-hydrogen) atoms. The van der Waals surface area contributed by atoms with Crippen LogP contribution in [-0.4, -0.2) is 50.4 Å². The highest BCUT2D eigenvalue weighted by Gasteiger charge is 2.19. The molecule has 1 saturated heterocycles. The van der Waals surface area contributed by atoms with Gasteiger partial charge in [0.15, 0.2) is 0 Å². The molecular formula is C22H25N5O2. The molecule has 0 atom stereocenters. The maximum atomic E-state index is 5.24. The number of aromatic nitrogens is 2. The molecule has 1 aromatic heterocycles. The van der Waals surface area contributed by atoms with Crippen molar-refractivity contribution in [2.24, 2.45) is 0 Å². The fraction of sp³-hybridized carbons (Fsp3) is 0.273. The van der Waals surface area contributed by atoms with Gasteiger partial charge in [0.05, 0.1) is 14.2 Å². The molecule has 0 amide bonds. The van der Waals surface area contributed by atoms with E-state index < -0.39 is 0 Å². The van der Waals surface area contributed by atoms with Crippen LogP contribution in [-0.2, 0) is 0 Å². The van der Waals surface area contributed by atoms with Crippen LogP contribution in [0.4, 0.5) is 23.1 Å². The van der Waals surface area contributed by atoms with Crippen molar-refractivity contribution in [3.05, 3.63) is 60.8 Å². The number of benzene rings is 2. The molecule has 150 valence electrons. The average molecular weight is 391 g/mol. The van der Waals surface area contributed by atoms with Crippen LogP contribution in [0.15, 0.2) is 60.8 Å².